The maximum atomic E-state index is 13.6. The number of aliphatic hydroxyl groups excluding tert-OH is 1. The van der Waals surface area contributed by atoms with E-state index in [1.165, 1.54) is 4.31 Å². The minimum Gasteiger partial charge on any atom is -0.394 e. The average molecular weight is 321 g/mol. The number of rotatable bonds is 5. The monoisotopic (exact) mass is 321 g/mol. The molecule has 1 saturated heterocycles. The first-order valence-corrected chi connectivity index (χ1v) is 8.07. The van der Waals surface area contributed by atoms with E-state index in [-0.39, 0.29) is 32.4 Å². The van der Waals surface area contributed by atoms with Crippen LogP contribution in [0.15, 0.2) is 23.1 Å². The van der Waals surface area contributed by atoms with Crippen molar-refractivity contribution in [3.05, 3.63) is 29.8 Å². The zero-order valence-electron chi connectivity index (χ0n) is 11.3. The number of hydrogen-bond donors (Lipinski definition) is 1. The molecule has 1 heterocycles. The van der Waals surface area contributed by atoms with Gasteiger partial charge in [-0.15, -0.1) is 0 Å². The summed E-state index contributed by atoms with van der Waals surface area (Å²) in [6, 6.07) is 2.42. The maximum Gasteiger partial charge on any atom is 0.245 e. The molecule has 0 aliphatic carbocycles. The highest BCUT2D eigenvalue weighted by atomic mass is 32.2. The van der Waals surface area contributed by atoms with Crippen molar-refractivity contribution >= 4 is 10.0 Å². The molecule has 118 valence electrons. The second-order valence-electron chi connectivity index (χ2n) is 4.77. The van der Waals surface area contributed by atoms with Crippen LogP contribution in [0.5, 0.6) is 0 Å². The molecule has 1 aromatic rings. The average Bonchev–Trinajstić information content (AvgIpc) is 2.45. The Bertz CT molecular complexity index is 586. The standard InChI is InChI=1S/C13H17F2NO4S/c14-10-1-2-13(12(15)9-10)21(18,19)16-5-3-11(4-6-16)20-8-7-17/h1-2,9,11,17H,3-8H2. The Morgan fingerprint density at radius 1 is 1.29 bits per heavy atom. The van der Waals surface area contributed by atoms with Crippen molar-refractivity contribution in [3.63, 3.8) is 0 Å². The van der Waals surface area contributed by atoms with Crippen molar-refractivity contribution in [1.29, 1.82) is 0 Å². The molecule has 2 rings (SSSR count). The Kier molecular flexibility index (Phi) is 5.26. The van der Waals surface area contributed by atoms with E-state index in [1.54, 1.807) is 0 Å². The number of aliphatic hydroxyl groups is 1. The molecule has 0 radical (unpaired) electrons. The van der Waals surface area contributed by atoms with E-state index in [9.17, 15) is 17.2 Å². The summed E-state index contributed by atoms with van der Waals surface area (Å²) in [5.74, 6) is -1.91. The van der Waals surface area contributed by atoms with Gasteiger partial charge in [0, 0.05) is 19.2 Å². The normalized spacial score (nSPS) is 18.0. The van der Waals surface area contributed by atoms with Gasteiger partial charge in [-0.25, -0.2) is 17.2 Å². The molecule has 0 spiro atoms. The summed E-state index contributed by atoms with van der Waals surface area (Å²) < 4.78 is 57.7. The summed E-state index contributed by atoms with van der Waals surface area (Å²) in [5, 5.41) is 8.68. The topological polar surface area (TPSA) is 66.8 Å². The van der Waals surface area contributed by atoms with Crippen LogP contribution in [0.25, 0.3) is 0 Å². The van der Waals surface area contributed by atoms with Gasteiger partial charge in [-0.2, -0.15) is 4.31 Å². The molecule has 0 unspecified atom stereocenters. The van der Waals surface area contributed by atoms with E-state index < -0.39 is 26.6 Å². The molecule has 21 heavy (non-hydrogen) atoms. The van der Waals surface area contributed by atoms with Gasteiger partial charge in [-0.3, -0.25) is 0 Å². The van der Waals surface area contributed by atoms with Crippen LogP contribution in [0.2, 0.25) is 0 Å². The minimum atomic E-state index is -3.97. The van der Waals surface area contributed by atoms with Crippen molar-refractivity contribution in [2.45, 2.75) is 23.8 Å². The Labute approximate surface area is 122 Å². The van der Waals surface area contributed by atoms with Crippen molar-refractivity contribution in [2.75, 3.05) is 26.3 Å². The van der Waals surface area contributed by atoms with Crippen LogP contribution in [0.4, 0.5) is 8.78 Å². The number of sulfonamides is 1. The highest BCUT2D eigenvalue weighted by Gasteiger charge is 2.31. The number of halogens is 2. The quantitative estimate of drug-likeness (QED) is 0.883. The number of nitrogens with zero attached hydrogens (tertiary/aromatic N) is 1. The number of hydrogen-bond acceptors (Lipinski definition) is 4. The molecule has 0 aromatic heterocycles. The van der Waals surface area contributed by atoms with Gasteiger partial charge in [-0.1, -0.05) is 0 Å². The lowest BCUT2D eigenvalue weighted by Gasteiger charge is -2.31. The third-order valence-electron chi connectivity index (χ3n) is 3.36. The van der Waals surface area contributed by atoms with E-state index in [2.05, 4.69) is 0 Å². The lowest BCUT2D eigenvalue weighted by molar-refractivity contribution is 0.00317. The predicted octanol–water partition coefficient (Wildman–Crippen LogP) is 1.13. The van der Waals surface area contributed by atoms with Gasteiger partial charge in [0.1, 0.15) is 16.5 Å². The summed E-state index contributed by atoms with van der Waals surface area (Å²) in [7, 11) is -3.97. The zero-order valence-corrected chi connectivity index (χ0v) is 12.2. The highest BCUT2D eigenvalue weighted by molar-refractivity contribution is 7.89. The van der Waals surface area contributed by atoms with Gasteiger partial charge >= 0.3 is 0 Å². The molecule has 8 heteroatoms. The Hall–Kier alpha value is -1.09. The van der Waals surface area contributed by atoms with Crippen LogP contribution in [0.3, 0.4) is 0 Å². The molecule has 0 amide bonds. The molecule has 5 nitrogen and oxygen atoms in total. The van der Waals surface area contributed by atoms with Crippen LogP contribution < -0.4 is 0 Å². The van der Waals surface area contributed by atoms with Crippen LogP contribution in [-0.2, 0) is 14.8 Å². The van der Waals surface area contributed by atoms with Gasteiger partial charge in [0.2, 0.25) is 10.0 Å². The fraction of sp³-hybridized carbons (Fsp3) is 0.538. The highest BCUT2D eigenvalue weighted by Crippen LogP contribution is 2.24. The van der Waals surface area contributed by atoms with Gasteiger partial charge in [0.25, 0.3) is 0 Å². The van der Waals surface area contributed by atoms with Gasteiger partial charge in [0.15, 0.2) is 0 Å². The van der Waals surface area contributed by atoms with Gasteiger partial charge in [0.05, 0.1) is 19.3 Å². The first-order valence-electron chi connectivity index (χ1n) is 6.63. The molecular formula is C13H17F2NO4S. The van der Waals surface area contributed by atoms with Crippen LogP contribution >= 0.6 is 0 Å². The second-order valence-corrected chi connectivity index (χ2v) is 6.68. The van der Waals surface area contributed by atoms with E-state index in [1.807, 2.05) is 0 Å². The zero-order chi connectivity index (χ0) is 15.5. The van der Waals surface area contributed by atoms with Crippen molar-refractivity contribution < 1.29 is 27.0 Å². The first-order chi connectivity index (χ1) is 9.95. The van der Waals surface area contributed by atoms with Gasteiger partial charge < -0.3 is 9.84 Å². The lowest BCUT2D eigenvalue weighted by Crippen LogP contribution is -2.41. The van der Waals surface area contributed by atoms with E-state index >= 15 is 0 Å². The minimum absolute atomic E-state index is 0.0840. The molecule has 0 saturated carbocycles. The Balaban J connectivity index is 2.08. The molecule has 1 aromatic carbocycles. The molecule has 1 aliphatic heterocycles. The fourth-order valence-corrected chi connectivity index (χ4v) is 3.80. The largest absolute Gasteiger partial charge is 0.394 e. The number of ether oxygens (including phenoxy) is 1. The molecule has 1 fully saturated rings. The second kappa shape index (κ2) is 6.78. The fourth-order valence-electron chi connectivity index (χ4n) is 2.28. The molecule has 0 atom stereocenters. The van der Waals surface area contributed by atoms with Crippen LogP contribution in [-0.4, -0.2) is 50.2 Å². The summed E-state index contributed by atoms with van der Waals surface area (Å²) >= 11 is 0. The van der Waals surface area contributed by atoms with Crippen molar-refractivity contribution in [1.82, 2.24) is 4.31 Å². The Morgan fingerprint density at radius 2 is 1.95 bits per heavy atom. The van der Waals surface area contributed by atoms with E-state index in [4.69, 9.17) is 9.84 Å². The molecule has 1 N–H and O–H groups in total. The SMILES string of the molecule is O=S(=O)(c1ccc(F)cc1F)N1CCC(OCCO)CC1. The van der Waals surface area contributed by atoms with E-state index in [0.29, 0.717) is 18.9 Å². The lowest BCUT2D eigenvalue weighted by atomic mass is 10.1. The van der Waals surface area contributed by atoms with E-state index in [0.717, 1.165) is 12.1 Å². The molecule has 0 bridgehead atoms. The third kappa shape index (κ3) is 3.76. The summed E-state index contributed by atoms with van der Waals surface area (Å²) in [4.78, 5) is -0.515. The first kappa shape index (κ1) is 16.3. The molecular weight excluding hydrogens is 304 g/mol. The van der Waals surface area contributed by atoms with Crippen LogP contribution in [0, 0.1) is 11.6 Å². The Morgan fingerprint density at radius 3 is 2.52 bits per heavy atom. The van der Waals surface area contributed by atoms with Gasteiger partial charge in [-0.05, 0) is 25.0 Å². The summed E-state index contributed by atoms with van der Waals surface area (Å²) in [6.45, 7) is 0.536. The maximum absolute atomic E-state index is 13.6. The smallest absolute Gasteiger partial charge is 0.245 e. The summed E-state index contributed by atoms with van der Waals surface area (Å²) in [6.07, 6.45) is 0.839. The summed E-state index contributed by atoms with van der Waals surface area (Å²) in [5.41, 5.74) is 0. The number of piperidine rings is 1. The third-order valence-corrected chi connectivity index (χ3v) is 5.29. The van der Waals surface area contributed by atoms with Crippen molar-refractivity contribution in [2.24, 2.45) is 0 Å². The predicted molar refractivity (Wildman–Crippen MR) is 71.2 cm³/mol. The number of benzene rings is 1. The van der Waals surface area contributed by atoms with Crippen molar-refractivity contribution in [3.8, 4) is 0 Å². The van der Waals surface area contributed by atoms with Crippen LogP contribution in [0.1, 0.15) is 12.8 Å². The molecule has 1 aliphatic rings.